The first-order chi connectivity index (χ1) is 10.3. The molecule has 0 unspecified atom stereocenters. The van der Waals surface area contributed by atoms with Gasteiger partial charge in [0.15, 0.2) is 0 Å². The molecule has 0 radical (unpaired) electrons. The number of amides is 1. The molecule has 3 aromatic rings. The fraction of sp³-hybridized carbons (Fsp3) is 0.143. The number of carbonyl (C=O) groups excluding carboxylic acids is 1. The van der Waals surface area contributed by atoms with Crippen LogP contribution in [-0.2, 0) is 6.42 Å². The Kier molecular flexibility index (Phi) is 3.85. The fourth-order valence-corrected chi connectivity index (χ4v) is 2.68. The van der Waals surface area contributed by atoms with Crippen LogP contribution in [0.3, 0.4) is 0 Å². The lowest BCUT2D eigenvalue weighted by Gasteiger charge is -2.04. The second-order valence-electron chi connectivity index (χ2n) is 4.38. The Labute approximate surface area is 125 Å². The van der Waals surface area contributed by atoms with Gasteiger partial charge in [0.2, 0.25) is 0 Å². The summed E-state index contributed by atoms with van der Waals surface area (Å²) in [5.74, 6) is -0.238. The Morgan fingerprint density at radius 3 is 2.86 bits per heavy atom. The van der Waals surface area contributed by atoms with E-state index in [9.17, 15) is 4.79 Å². The maximum Gasteiger partial charge on any atom is 0.275 e. The molecule has 0 fully saturated rings. The van der Waals surface area contributed by atoms with Crippen molar-refractivity contribution in [2.75, 3.05) is 11.9 Å². The van der Waals surface area contributed by atoms with Crippen LogP contribution in [0.15, 0.2) is 36.0 Å². The minimum Gasteiger partial charge on any atom is -0.330 e. The summed E-state index contributed by atoms with van der Waals surface area (Å²) in [5.41, 5.74) is 8.07. The zero-order chi connectivity index (χ0) is 14.7. The maximum atomic E-state index is 12.1. The normalized spacial score (nSPS) is 10.7. The lowest BCUT2D eigenvalue weighted by atomic mass is 10.2. The van der Waals surface area contributed by atoms with Crippen molar-refractivity contribution in [3.63, 3.8) is 0 Å². The highest BCUT2D eigenvalue weighted by Crippen LogP contribution is 2.17. The van der Waals surface area contributed by atoms with Gasteiger partial charge in [0.05, 0.1) is 16.0 Å². The standard InChI is InChI=1S/C14H13N5OS/c15-4-3-13-19-12(8-21-13)14(20)18-9-1-2-10-11(7-9)17-6-5-16-10/h1-2,5-8H,3-4,15H2,(H,18,20). The number of fused-ring (bicyclic) bond motifs is 1. The monoisotopic (exact) mass is 299 g/mol. The van der Waals surface area contributed by atoms with Gasteiger partial charge in [-0.3, -0.25) is 14.8 Å². The number of thiazole rings is 1. The van der Waals surface area contributed by atoms with Crippen LogP contribution in [0.5, 0.6) is 0 Å². The van der Waals surface area contributed by atoms with Crippen molar-refractivity contribution >= 4 is 34.0 Å². The number of nitrogens with one attached hydrogen (secondary N) is 1. The van der Waals surface area contributed by atoms with E-state index in [0.717, 1.165) is 16.0 Å². The third-order valence-electron chi connectivity index (χ3n) is 2.87. The van der Waals surface area contributed by atoms with Crippen LogP contribution < -0.4 is 11.1 Å². The van der Waals surface area contributed by atoms with Crippen LogP contribution in [0.4, 0.5) is 5.69 Å². The largest absolute Gasteiger partial charge is 0.330 e. The van der Waals surface area contributed by atoms with Crippen LogP contribution in [0.25, 0.3) is 11.0 Å². The summed E-state index contributed by atoms with van der Waals surface area (Å²) in [4.78, 5) is 24.8. The molecule has 2 heterocycles. The zero-order valence-corrected chi connectivity index (χ0v) is 11.9. The predicted octanol–water partition coefficient (Wildman–Crippen LogP) is 1.84. The van der Waals surface area contributed by atoms with E-state index >= 15 is 0 Å². The van der Waals surface area contributed by atoms with E-state index in [0.29, 0.717) is 24.3 Å². The topological polar surface area (TPSA) is 93.8 Å². The van der Waals surface area contributed by atoms with E-state index in [1.54, 1.807) is 29.9 Å². The third-order valence-corrected chi connectivity index (χ3v) is 3.78. The summed E-state index contributed by atoms with van der Waals surface area (Å²) >= 11 is 1.44. The molecule has 1 amide bonds. The van der Waals surface area contributed by atoms with Gasteiger partial charge >= 0.3 is 0 Å². The van der Waals surface area contributed by atoms with E-state index < -0.39 is 0 Å². The average molecular weight is 299 g/mol. The molecule has 3 rings (SSSR count). The molecule has 0 saturated heterocycles. The van der Waals surface area contributed by atoms with Crippen LogP contribution in [0.1, 0.15) is 15.5 Å². The van der Waals surface area contributed by atoms with E-state index in [4.69, 9.17) is 5.73 Å². The van der Waals surface area contributed by atoms with Crippen LogP contribution >= 0.6 is 11.3 Å². The van der Waals surface area contributed by atoms with Crippen molar-refractivity contribution in [1.29, 1.82) is 0 Å². The molecule has 0 aliphatic carbocycles. The van der Waals surface area contributed by atoms with Crippen molar-refractivity contribution in [3.8, 4) is 0 Å². The molecule has 1 aromatic carbocycles. The molecule has 2 aromatic heterocycles. The number of rotatable bonds is 4. The van der Waals surface area contributed by atoms with Gasteiger partial charge in [-0.25, -0.2) is 4.98 Å². The summed E-state index contributed by atoms with van der Waals surface area (Å²) in [6.07, 6.45) is 3.94. The predicted molar refractivity (Wildman–Crippen MR) is 82.4 cm³/mol. The number of hydrogen-bond acceptors (Lipinski definition) is 6. The van der Waals surface area contributed by atoms with Crippen LogP contribution in [0.2, 0.25) is 0 Å². The number of nitrogens with zero attached hydrogens (tertiary/aromatic N) is 3. The second-order valence-corrected chi connectivity index (χ2v) is 5.32. The van der Waals surface area contributed by atoms with Crippen molar-refractivity contribution in [3.05, 3.63) is 46.7 Å². The van der Waals surface area contributed by atoms with Crippen molar-refractivity contribution in [1.82, 2.24) is 15.0 Å². The minimum atomic E-state index is -0.238. The number of hydrogen-bond donors (Lipinski definition) is 2. The summed E-state index contributed by atoms with van der Waals surface area (Å²) in [7, 11) is 0. The number of carbonyl (C=O) groups is 1. The SMILES string of the molecule is NCCc1nc(C(=O)Nc2ccc3nccnc3c2)cs1. The Balaban J connectivity index is 1.78. The fourth-order valence-electron chi connectivity index (χ4n) is 1.89. The first-order valence-electron chi connectivity index (χ1n) is 6.43. The van der Waals surface area contributed by atoms with E-state index in [2.05, 4.69) is 20.3 Å². The summed E-state index contributed by atoms with van der Waals surface area (Å²) in [5, 5.41) is 5.42. The van der Waals surface area contributed by atoms with Gasteiger partial charge in [-0.05, 0) is 24.7 Å². The Morgan fingerprint density at radius 2 is 2.05 bits per heavy atom. The summed E-state index contributed by atoms with van der Waals surface area (Å²) in [6.45, 7) is 0.526. The molecular formula is C14H13N5OS. The molecule has 6 nitrogen and oxygen atoms in total. The number of anilines is 1. The highest BCUT2D eigenvalue weighted by molar-refractivity contribution is 7.09. The van der Waals surface area contributed by atoms with Crippen LogP contribution in [0, 0.1) is 0 Å². The van der Waals surface area contributed by atoms with Gasteiger partial charge in [0, 0.05) is 29.9 Å². The molecule has 106 valence electrons. The van der Waals surface area contributed by atoms with Gasteiger partial charge in [0.1, 0.15) is 5.69 Å². The van der Waals surface area contributed by atoms with Gasteiger partial charge in [-0.15, -0.1) is 11.3 Å². The molecule has 0 saturated carbocycles. The van der Waals surface area contributed by atoms with Gasteiger partial charge < -0.3 is 11.1 Å². The molecule has 3 N–H and O–H groups in total. The molecule has 0 bridgehead atoms. The van der Waals surface area contributed by atoms with Crippen molar-refractivity contribution in [2.45, 2.75) is 6.42 Å². The quantitative estimate of drug-likeness (QED) is 0.766. The summed E-state index contributed by atoms with van der Waals surface area (Å²) in [6, 6.07) is 5.40. The molecule has 0 aliphatic rings. The molecule has 0 aliphatic heterocycles. The smallest absolute Gasteiger partial charge is 0.275 e. The highest BCUT2D eigenvalue weighted by Gasteiger charge is 2.11. The first-order valence-corrected chi connectivity index (χ1v) is 7.31. The van der Waals surface area contributed by atoms with E-state index in [1.165, 1.54) is 11.3 Å². The van der Waals surface area contributed by atoms with Crippen LogP contribution in [-0.4, -0.2) is 27.4 Å². The van der Waals surface area contributed by atoms with Crippen molar-refractivity contribution < 1.29 is 4.79 Å². The van der Waals surface area contributed by atoms with E-state index in [-0.39, 0.29) is 5.91 Å². The lowest BCUT2D eigenvalue weighted by molar-refractivity contribution is 0.102. The van der Waals surface area contributed by atoms with Gasteiger partial charge in [-0.2, -0.15) is 0 Å². The highest BCUT2D eigenvalue weighted by atomic mass is 32.1. The third kappa shape index (κ3) is 3.04. The Bertz CT molecular complexity index is 786. The molecular weight excluding hydrogens is 286 g/mol. The maximum absolute atomic E-state index is 12.1. The average Bonchev–Trinajstić information content (AvgIpc) is 2.96. The Morgan fingerprint density at radius 1 is 1.24 bits per heavy atom. The molecule has 0 spiro atoms. The van der Waals surface area contributed by atoms with Gasteiger partial charge in [0.25, 0.3) is 5.91 Å². The molecule has 7 heteroatoms. The zero-order valence-electron chi connectivity index (χ0n) is 11.1. The number of nitrogens with two attached hydrogens (primary N) is 1. The number of benzene rings is 1. The first kappa shape index (κ1) is 13.6. The lowest BCUT2D eigenvalue weighted by Crippen LogP contribution is -2.12. The van der Waals surface area contributed by atoms with E-state index in [1.807, 2.05) is 6.07 Å². The van der Waals surface area contributed by atoms with Crippen molar-refractivity contribution in [2.24, 2.45) is 5.73 Å². The Hall–Kier alpha value is -2.38. The van der Waals surface area contributed by atoms with Gasteiger partial charge in [-0.1, -0.05) is 0 Å². The molecule has 0 atom stereocenters. The number of aromatic nitrogens is 3. The minimum absolute atomic E-state index is 0.238. The second kappa shape index (κ2) is 5.94. The summed E-state index contributed by atoms with van der Waals surface area (Å²) < 4.78 is 0. The molecule has 21 heavy (non-hydrogen) atoms.